The molecule has 0 spiro atoms. The van der Waals surface area contributed by atoms with Crippen LogP contribution in [0.4, 0.5) is 0 Å². The van der Waals surface area contributed by atoms with Gasteiger partial charge in [-0.1, -0.05) is 6.07 Å². The Labute approximate surface area is 150 Å². The van der Waals surface area contributed by atoms with Crippen LogP contribution in [0.3, 0.4) is 0 Å². The van der Waals surface area contributed by atoms with Crippen LogP contribution >= 0.6 is 11.3 Å². The number of nitrogens with zero attached hydrogens (tertiary/aromatic N) is 1. The van der Waals surface area contributed by atoms with Gasteiger partial charge in [-0.05, 0) is 24.6 Å². The zero-order valence-corrected chi connectivity index (χ0v) is 15.1. The number of hydrogen-bond acceptors (Lipinski definition) is 6. The van der Waals surface area contributed by atoms with Gasteiger partial charge in [0.15, 0.2) is 0 Å². The zero-order valence-electron chi connectivity index (χ0n) is 13.5. The third-order valence-corrected chi connectivity index (χ3v) is 5.96. The maximum atomic E-state index is 12.4. The van der Waals surface area contributed by atoms with Gasteiger partial charge in [0.2, 0.25) is 10.0 Å². The molecule has 0 aliphatic carbocycles. The largest absolute Gasteiger partial charge is 0.380 e. The van der Waals surface area contributed by atoms with Crippen molar-refractivity contribution in [3.05, 3.63) is 46.4 Å². The van der Waals surface area contributed by atoms with Gasteiger partial charge in [0.25, 0.3) is 5.91 Å². The summed E-state index contributed by atoms with van der Waals surface area (Å²) in [5.74, 6) is -0.309. The molecule has 1 aromatic carbocycles. The van der Waals surface area contributed by atoms with Crippen molar-refractivity contribution in [2.75, 3.05) is 19.8 Å². The Morgan fingerprint density at radius 2 is 2.28 bits per heavy atom. The van der Waals surface area contributed by atoms with Crippen molar-refractivity contribution in [1.82, 2.24) is 15.0 Å². The molecule has 7 nitrogen and oxygen atoms in total. The number of rotatable bonds is 7. The lowest BCUT2D eigenvalue weighted by atomic mass is 10.2. The summed E-state index contributed by atoms with van der Waals surface area (Å²) < 4.78 is 32.6. The van der Waals surface area contributed by atoms with Gasteiger partial charge in [-0.3, -0.25) is 4.79 Å². The second kappa shape index (κ2) is 8.05. The Hall–Kier alpha value is -1.81. The first-order valence-corrected chi connectivity index (χ1v) is 10.3. The van der Waals surface area contributed by atoms with E-state index in [0.717, 1.165) is 5.69 Å². The molecule has 0 radical (unpaired) electrons. The van der Waals surface area contributed by atoms with E-state index in [-0.39, 0.29) is 16.8 Å². The standard InChI is InChI=1S/C16H19N3O4S2/c20-16(17-6-4-14-10-24-11-18-14)12-2-1-3-15(8-12)25(21,22)19-13-5-7-23-9-13/h1-3,8,10-11,13,19H,4-7,9H2,(H,17,20)/t13-/m1/s1. The van der Waals surface area contributed by atoms with E-state index in [1.54, 1.807) is 17.6 Å². The average molecular weight is 381 g/mol. The highest BCUT2D eigenvalue weighted by atomic mass is 32.2. The van der Waals surface area contributed by atoms with Crippen LogP contribution in [0.5, 0.6) is 0 Å². The Kier molecular flexibility index (Phi) is 5.79. The third kappa shape index (κ3) is 4.85. The molecule has 1 amide bonds. The van der Waals surface area contributed by atoms with E-state index < -0.39 is 10.0 Å². The van der Waals surface area contributed by atoms with Crippen molar-refractivity contribution >= 4 is 27.3 Å². The van der Waals surface area contributed by atoms with Crippen LogP contribution in [0.1, 0.15) is 22.5 Å². The van der Waals surface area contributed by atoms with Gasteiger partial charge in [-0.2, -0.15) is 0 Å². The van der Waals surface area contributed by atoms with E-state index in [9.17, 15) is 13.2 Å². The topological polar surface area (TPSA) is 97.4 Å². The van der Waals surface area contributed by atoms with Crippen molar-refractivity contribution in [3.63, 3.8) is 0 Å². The Balaban J connectivity index is 1.62. The number of benzene rings is 1. The molecule has 1 fully saturated rings. The molecule has 2 aromatic rings. The number of sulfonamides is 1. The van der Waals surface area contributed by atoms with Gasteiger partial charge in [0.1, 0.15) is 0 Å². The van der Waals surface area contributed by atoms with Gasteiger partial charge in [0, 0.05) is 36.6 Å². The summed E-state index contributed by atoms with van der Waals surface area (Å²) in [4.78, 5) is 16.5. The molecule has 2 heterocycles. The van der Waals surface area contributed by atoms with Crippen molar-refractivity contribution in [3.8, 4) is 0 Å². The fourth-order valence-corrected chi connectivity index (χ4v) is 4.38. The molecule has 0 bridgehead atoms. The van der Waals surface area contributed by atoms with E-state index >= 15 is 0 Å². The lowest BCUT2D eigenvalue weighted by molar-refractivity contribution is 0.0954. The zero-order chi connectivity index (χ0) is 17.7. The Morgan fingerprint density at radius 1 is 1.40 bits per heavy atom. The minimum atomic E-state index is -3.67. The van der Waals surface area contributed by atoms with Crippen LogP contribution in [0.15, 0.2) is 40.1 Å². The number of hydrogen-bond donors (Lipinski definition) is 2. The van der Waals surface area contributed by atoms with E-state index in [1.807, 2.05) is 5.38 Å². The highest BCUT2D eigenvalue weighted by molar-refractivity contribution is 7.89. The highest BCUT2D eigenvalue weighted by Crippen LogP contribution is 2.14. The molecule has 1 saturated heterocycles. The van der Waals surface area contributed by atoms with Crippen molar-refractivity contribution in [2.24, 2.45) is 0 Å². The minimum absolute atomic E-state index is 0.0755. The van der Waals surface area contributed by atoms with Crippen molar-refractivity contribution < 1.29 is 17.9 Å². The lowest BCUT2D eigenvalue weighted by Gasteiger charge is -2.12. The molecule has 2 N–H and O–H groups in total. The first kappa shape index (κ1) is 18.0. The maximum Gasteiger partial charge on any atom is 0.251 e. The summed E-state index contributed by atoms with van der Waals surface area (Å²) >= 11 is 1.51. The fraction of sp³-hybridized carbons (Fsp3) is 0.375. The highest BCUT2D eigenvalue weighted by Gasteiger charge is 2.24. The summed E-state index contributed by atoms with van der Waals surface area (Å²) in [6, 6.07) is 5.80. The molecule has 134 valence electrons. The maximum absolute atomic E-state index is 12.4. The van der Waals surface area contributed by atoms with Crippen LogP contribution in [0.25, 0.3) is 0 Å². The number of nitrogens with one attached hydrogen (secondary N) is 2. The Morgan fingerprint density at radius 3 is 3.00 bits per heavy atom. The van der Waals surface area contributed by atoms with Crippen LogP contribution < -0.4 is 10.0 Å². The van der Waals surface area contributed by atoms with Crippen LogP contribution in [-0.4, -0.2) is 45.1 Å². The SMILES string of the molecule is O=C(NCCc1cscn1)c1cccc(S(=O)(=O)N[C@@H]2CCOC2)c1. The van der Waals surface area contributed by atoms with Crippen LogP contribution in [0.2, 0.25) is 0 Å². The second-order valence-electron chi connectivity index (χ2n) is 5.70. The first-order valence-electron chi connectivity index (χ1n) is 7.90. The van der Waals surface area contributed by atoms with E-state index in [0.29, 0.717) is 38.2 Å². The molecule has 1 aliphatic rings. The summed E-state index contributed by atoms with van der Waals surface area (Å²) in [6.07, 6.45) is 1.28. The number of carbonyl (C=O) groups is 1. The summed E-state index contributed by atoms with van der Waals surface area (Å²) in [6.45, 7) is 1.36. The molecular weight excluding hydrogens is 362 g/mol. The normalized spacial score (nSPS) is 17.5. The smallest absolute Gasteiger partial charge is 0.251 e. The predicted octanol–water partition coefficient (Wildman–Crippen LogP) is 1.18. The molecule has 1 atom stereocenters. The number of aromatic nitrogens is 1. The number of carbonyl (C=O) groups excluding carboxylic acids is 1. The average Bonchev–Trinajstić information content (AvgIpc) is 3.28. The molecule has 25 heavy (non-hydrogen) atoms. The quantitative estimate of drug-likeness (QED) is 0.751. The molecule has 1 aliphatic heterocycles. The minimum Gasteiger partial charge on any atom is -0.380 e. The van der Waals surface area contributed by atoms with Gasteiger partial charge in [0.05, 0.1) is 22.7 Å². The number of amides is 1. The van der Waals surface area contributed by atoms with Gasteiger partial charge >= 0.3 is 0 Å². The van der Waals surface area contributed by atoms with Crippen LogP contribution in [-0.2, 0) is 21.2 Å². The van der Waals surface area contributed by atoms with E-state index in [1.165, 1.54) is 23.5 Å². The molecule has 1 aromatic heterocycles. The van der Waals surface area contributed by atoms with Crippen molar-refractivity contribution in [1.29, 1.82) is 0 Å². The second-order valence-corrected chi connectivity index (χ2v) is 8.13. The summed E-state index contributed by atoms with van der Waals surface area (Å²) in [7, 11) is -3.67. The van der Waals surface area contributed by atoms with E-state index in [4.69, 9.17) is 4.74 Å². The molecule has 9 heteroatoms. The molecule has 0 unspecified atom stereocenters. The Bertz CT molecular complexity index is 816. The first-order chi connectivity index (χ1) is 12.0. The fourth-order valence-electron chi connectivity index (χ4n) is 2.49. The lowest BCUT2D eigenvalue weighted by Crippen LogP contribution is -2.35. The van der Waals surface area contributed by atoms with Gasteiger partial charge in [-0.25, -0.2) is 18.1 Å². The van der Waals surface area contributed by atoms with Gasteiger partial charge < -0.3 is 10.1 Å². The molecular formula is C16H19N3O4S2. The monoisotopic (exact) mass is 381 g/mol. The van der Waals surface area contributed by atoms with E-state index in [2.05, 4.69) is 15.0 Å². The number of thiazole rings is 1. The number of ether oxygens (including phenoxy) is 1. The molecule has 0 saturated carbocycles. The van der Waals surface area contributed by atoms with Crippen LogP contribution in [0, 0.1) is 0 Å². The predicted molar refractivity (Wildman–Crippen MR) is 94.1 cm³/mol. The summed E-state index contributed by atoms with van der Waals surface area (Å²) in [5, 5.41) is 4.71. The summed E-state index contributed by atoms with van der Waals surface area (Å²) in [5.41, 5.74) is 2.97. The molecule has 3 rings (SSSR count). The third-order valence-electron chi connectivity index (χ3n) is 3.81. The van der Waals surface area contributed by atoms with Gasteiger partial charge in [-0.15, -0.1) is 11.3 Å². The van der Waals surface area contributed by atoms with Crippen molar-refractivity contribution in [2.45, 2.75) is 23.8 Å².